The van der Waals surface area contributed by atoms with E-state index >= 15 is 0 Å². The van der Waals surface area contributed by atoms with E-state index < -0.39 is 5.82 Å². The summed E-state index contributed by atoms with van der Waals surface area (Å²) in [5.74, 6) is 1.28. The lowest BCUT2D eigenvalue weighted by molar-refractivity contribution is -0.116. The number of amides is 1. The van der Waals surface area contributed by atoms with E-state index in [1.807, 2.05) is 11.8 Å². The molecule has 0 spiro atoms. The second kappa shape index (κ2) is 9.64. The molecule has 0 unspecified atom stereocenters. The zero-order valence-electron chi connectivity index (χ0n) is 14.4. The molecule has 1 aromatic carbocycles. The maximum Gasteiger partial charge on any atom is 0.224 e. The lowest BCUT2D eigenvalue weighted by Gasteiger charge is -2.35. The van der Waals surface area contributed by atoms with Crippen molar-refractivity contribution in [1.29, 1.82) is 0 Å². The van der Waals surface area contributed by atoms with Gasteiger partial charge in [0, 0.05) is 23.9 Å². The Kier molecular flexibility index (Phi) is 7.85. The first-order valence-electron chi connectivity index (χ1n) is 8.47. The van der Waals surface area contributed by atoms with Crippen molar-refractivity contribution in [2.75, 3.05) is 30.4 Å². The maximum absolute atomic E-state index is 13.1. The Morgan fingerprint density at radius 2 is 2.17 bits per heavy atom. The highest BCUT2D eigenvalue weighted by Crippen LogP contribution is 2.24. The largest absolute Gasteiger partial charge is 0.326 e. The summed E-state index contributed by atoms with van der Waals surface area (Å²) in [4.78, 5) is 14.6. The highest BCUT2D eigenvalue weighted by molar-refractivity contribution is 7.98. The topological polar surface area (TPSA) is 32.3 Å². The fourth-order valence-electron chi connectivity index (χ4n) is 3.16. The molecule has 1 aromatic rings. The normalized spacial score (nSPS) is 17.7. The van der Waals surface area contributed by atoms with E-state index in [-0.39, 0.29) is 10.9 Å². The van der Waals surface area contributed by atoms with Gasteiger partial charge in [-0.2, -0.15) is 11.8 Å². The van der Waals surface area contributed by atoms with Crippen LogP contribution in [0.25, 0.3) is 0 Å². The molecule has 1 amide bonds. The Labute approximate surface area is 153 Å². The standard InChI is InChI=1S/C18H26ClFN2OS/c1-13(12-24-2)22-9-7-14(8-10-22)3-6-18(23)21-15-4-5-17(20)16(19)11-15/h4-5,11,13-14H,3,6-10,12H2,1-2H3,(H,21,23)/t13-/m0/s1. The van der Waals surface area contributed by atoms with E-state index in [4.69, 9.17) is 11.6 Å². The van der Waals surface area contributed by atoms with Crippen molar-refractivity contribution in [3.63, 3.8) is 0 Å². The molecule has 1 fully saturated rings. The van der Waals surface area contributed by atoms with Gasteiger partial charge in [-0.25, -0.2) is 4.39 Å². The Hall–Kier alpha value is -0.780. The molecule has 1 aliphatic rings. The van der Waals surface area contributed by atoms with Crippen LogP contribution >= 0.6 is 23.4 Å². The first-order chi connectivity index (χ1) is 11.5. The van der Waals surface area contributed by atoms with Crippen LogP contribution in [0.4, 0.5) is 10.1 Å². The molecular weight excluding hydrogens is 347 g/mol. The molecule has 0 aromatic heterocycles. The number of carbonyl (C=O) groups excluding carboxylic acids is 1. The number of anilines is 1. The Balaban J connectivity index is 1.70. The van der Waals surface area contributed by atoms with Crippen LogP contribution in [0.1, 0.15) is 32.6 Å². The second-order valence-electron chi connectivity index (χ2n) is 6.50. The van der Waals surface area contributed by atoms with Gasteiger partial charge in [0.05, 0.1) is 5.02 Å². The molecule has 1 saturated heterocycles. The van der Waals surface area contributed by atoms with Crippen LogP contribution in [-0.4, -0.2) is 41.9 Å². The molecule has 1 aliphatic heterocycles. The van der Waals surface area contributed by atoms with E-state index in [0.29, 0.717) is 24.1 Å². The maximum atomic E-state index is 13.1. The van der Waals surface area contributed by atoms with Crippen LogP contribution in [0.15, 0.2) is 18.2 Å². The third-order valence-electron chi connectivity index (χ3n) is 4.66. The van der Waals surface area contributed by atoms with Gasteiger partial charge in [-0.15, -0.1) is 0 Å². The summed E-state index contributed by atoms with van der Waals surface area (Å²) in [5, 5.41) is 2.82. The average Bonchev–Trinajstić information content (AvgIpc) is 2.57. The van der Waals surface area contributed by atoms with E-state index in [1.54, 1.807) is 0 Å². The fourth-order valence-corrected chi connectivity index (χ4v) is 4.04. The van der Waals surface area contributed by atoms with Crippen molar-refractivity contribution in [3.8, 4) is 0 Å². The Morgan fingerprint density at radius 3 is 2.79 bits per heavy atom. The zero-order valence-corrected chi connectivity index (χ0v) is 15.9. The third kappa shape index (κ3) is 5.94. The molecule has 1 N–H and O–H groups in total. The van der Waals surface area contributed by atoms with Crippen LogP contribution in [0, 0.1) is 11.7 Å². The smallest absolute Gasteiger partial charge is 0.224 e. The number of benzene rings is 1. The quantitative estimate of drug-likeness (QED) is 0.755. The predicted octanol–water partition coefficient (Wildman–Crippen LogP) is 4.66. The fraction of sp³-hybridized carbons (Fsp3) is 0.611. The molecular formula is C18H26ClFN2OS. The number of hydrogen-bond donors (Lipinski definition) is 1. The van der Waals surface area contributed by atoms with Gasteiger partial charge in [0.25, 0.3) is 0 Å². The molecule has 0 bridgehead atoms. The van der Waals surface area contributed by atoms with Crippen molar-refractivity contribution in [1.82, 2.24) is 4.90 Å². The zero-order chi connectivity index (χ0) is 17.5. The summed E-state index contributed by atoms with van der Waals surface area (Å²) < 4.78 is 13.1. The van der Waals surface area contributed by atoms with Crippen molar-refractivity contribution in [2.24, 2.45) is 5.92 Å². The summed E-state index contributed by atoms with van der Waals surface area (Å²) in [6, 6.07) is 4.88. The summed E-state index contributed by atoms with van der Waals surface area (Å²) in [7, 11) is 0. The summed E-state index contributed by atoms with van der Waals surface area (Å²) >= 11 is 7.62. The number of halogens is 2. The van der Waals surface area contributed by atoms with Crippen LogP contribution < -0.4 is 5.32 Å². The monoisotopic (exact) mass is 372 g/mol. The van der Waals surface area contributed by atoms with Gasteiger partial charge < -0.3 is 5.32 Å². The lowest BCUT2D eigenvalue weighted by Crippen LogP contribution is -2.41. The number of nitrogens with zero attached hydrogens (tertiary/aromatic N) is 1. The van der Waals surface area contributed by atoms with Gasteiger partial charge in [-0.3, -0.25) is 9.69 Å². The van der Waals surface area contributed by atoms with Gasteiger partial charge in [0.15, 0.2) is 0 Å². The molecule has 24 heavy (non-hydrogen) atoms. The molecule has 134 valence electrons. The summed E-state index contributed by atoms with van der Waals surface area (Å²) in [5.41, 5.74) is 0.548. The number of piperidine rings is 1. The first-order valence-corrected chi connectivity index (χ1v) is 10.2. The molecule has 0 saturated carbocycles. The number of thioether (sulfide) groups is 1. The lowest BCUT2D eigenvalue weighted by atomic mass is 9.91. The molecule has 6 heteroatoms. The molecule has 2 rings (SSSR count). The van der Waals surface area contributed by atoms with Gasteiger partial charge in [-0.1, -0.05) is 11.6 Å². The number of rotatable bonds is 7. The minimum atomic E-state index is -0.475. The van der Waals surface area contributed by atoms with Crippen molar-refractivity contribution >= 4 is 35.0 Å². The third-order valence-corrected chi connectivity index (χ3v) is 5.77. The number of carbonyl (C=O) groups is 1. The predicted molar refractivity (Wildman–Crippen MR) is 101 cm³/mol. The summed E-state index contributed by atoms with van der Waals surface area (Å²) in [6.07, 6.45) is 5.88. The van der Waals surface area contributed by atoms with Crippen molar-refractivity contribution in [2.45, 2.75) is 38.6 Å². The SMILES string of the molecule is CSC[C@H](C)N1CCC(CCC(=O)Nc2ccc(F)c(Cl)c2)CC1. The number of hydrogen-bond acceptors (Lipinski definition) is 3. The van der Waals surface area contributed by atoms with Crippen molar-refractivity contribution in [3.05, 3.63) is 29.0 Å². The van der Waals surface area contributed by atoms with E-state index in [2.05, 4.69) is 23.4 Å². The minimum absolute atomic E-state index is 0.0273. The van der Waals surface area contributed by atoms with Gasteiger partial charge >= 0.3 is 0 Å². The van der Waals surface area contributed by atoms with E-state index in [1.165, 1.54) is 24.0 Å². The van der Waals surface area contributed by atoms with Gasteiger partial charge in [0.1, 0.15) is 5.82 Å². The van der Waals surface area contributed by atoms with Crippen LogP contribution in [0.3, 0.4) is 0 Å². The van der Waals surface area contributed by atoms with Gasteiger partial charge in [0.2, 0.25) is 5.91 Å². The number of nitrogens with one attached hydrogen (secondary N) is 1. The highest BCUT2D eigenvalue weighted by atomic mass is 35.5. The van der Waals surface area contributed by atoms with Crippen LogP contribution in [-0.2, 0) is 4.79 Å². The Morgan fingerprint density at radius 1 is 1.46 bits per heavy atom. The number of likely N-dealkylation sites (tertiary alicyclic amines) is 1. The van der Waals surface area contributed by atoms with Crippen LogP contribution in [0.5, 0.6) is 0 Å². The average molecular weight is 373 g/mol. The highest BCUT2D eigenvalue weighted by Gasteiger charge is 2.22. The van der Waals surface area contributed by atoms with E-state index in [0.717, 1.165) is 32.4 Å². The second-order valence-corrected chi connectivity index (χ2v) is 7.82. The van der Waals surface area contributed by atoms with Crippen molar-refractivity contribution < 1.29 is 9.18 Å². The minimum Gasteiger partial charge on any atom is -0.326 e. The summed E-state index contributed by atoms with van der Waals surface area (Å²) in [6.45, 7) is 4.54. The van der Waals surface area contributed by atoms with Gasteiger partial charge in [-0.05, 0) is 69.6 Å². The molecule has 3 nitrogen and oxygen atoms in total. The molecule has 0 aliphatic carbocycles. The first kappa shape index (κ1) is 19.5. The molecule has 1 atom stereocenters. The Bertz CT molecular complexity index is 550. The molecule has 1 heterocycles. The van der Waals surface area contributed by atoms with E-state index in [9.17, 15) is 9.18 Å². The van der Waals surface area contributed by atoms with Crippen LogP contribution in [0.2, 0.25) is 5.02 Å². The molecule has 0 radical (unpaired) electrons.